The number of methoxy groups -OCH3 is 1. The standard InChI is InChI=1S/C14H23NO3/c1-10(2)11-4-6-12(7-5-11)18-14(8-16)13(15)9-17-3/h4-7,10,13-14,16H,8-9,15H2,1-3H3. The number of hydrogen-bond acceptors (Lipinski definition) is 4. The minimum absolute atomic E-state index is 0.129. The van der Waals surface area contributed by atoms with Gasteiger partial charge in [0, 0.05) is 7.11 Å². The summed E-state index contributed by atoms with van der Waals surface area (Å²) in [5.41, 5.74) is 7.11. The number of aliphatic hydroxyl groups is 1. The smallest absolute Gasteiger partial charge is 0.139 e. The molecule has 0 amide bonds. The summed E-state index contributed by atoms with van der Waals surface area (Å²) < 4.78 is 10.6. The van der Waals surface area contributed by atoms with E-state index in [0.717, 1.165) is 0 Å². The van der Waals surface area contributed by atoms with Crippen LogP contribution in [0.25, 0.3) is 0 Å². The Labute approximate surface area is 109 Å². The SMILES string of the molecule is COCC(N)C(CO)Oc1ccc(C(C)C)cc1. The second-order valence-electron chi connectivity index (χ2n) is 4.68. The van der Waals surface area contributed by atoms with Gasteiger partial charge < -0.3 is 20.3 Å². The van der Waals surface area contributed by atoms with E-state index in [1.807, 2.05) is 24.3 Å². The van der Waals surface area contributed by atoms with E-state index in [2.05, 4.69) is 13.8 Å². The predicted octanol–water partition coefficient (Wildman–Crippen LogP) is 1.52. The van der Waals surface area contributed by atoms with Crippen molar-refractivity contribution in [3.63, 3.8) is 0 Å². The molecule has 0 bridgehead atoms. The van der Waals surface area contributed by atoms with Gasteiger partial charge in [-0.1, -0.05) is 26.0 Å². The van der Waals surface area contributed by atoms with E-state index in [1.54, 1.807) is 7.11 Å². The quantitative estimate of drug-likeness (QED) is 0.773. The zero-order valence-electron chi connectivity index (χ0n) is 11.3. The average molecular weight is 253 g/mol. The van der Waals surface area contributed by atoms with Gasteiger partial charge in [0.1, 0.15) is 11.9 Å². The van der Waals surface area contributed by atoms with Gasteiger partial charge in [0.15, 0.2) is 0 Å². The molecule has 0 aliphatic carbocycles. The molecule has 0 saturated heterocycles. The Hall–Kier alpha value is -1.10. The molecular formula is C14H23NO3. The maximum atomic E-state index is 9.27. The maximum Gasteiger partial charge on any atom is 0.139 e. The van der Waals surface area contributed by atoms with Gasteiger partial charge in [-0.05, 0) is 23.6 Å². The summed E-state index contributed by atoms with van der Waals surface area (Å²) in [6, 6.07) is 7.51. The molecule has 2 atom stereocenters. The predicted molar refractivity (Wildman–Crippen MR) is 71.9 cm³/mol. The lowest BCUT2D eigenvalue weighted by atomic mass is 10.0. The summed E-state index contributed by atoms with van der Waals surface area (Å²) in [4.78, 5) is 0. The van der Waals surface area contributed by atoms with E-state index in [4.69, 9.17) is 15.2 Å². The van der Waals surface area contributed by atoms with Gasteiger partial charge >= 0.3 is 0 Å². The molecule has 18 heavy (non-hydrogen) atoms. The van der Waals surface area contributed by atoms with E-state index in [0.29, 0.717) is 18.3 Å². The van der Waals surface area contributed by atoms with Gasteiger partial charge in [-0.2, -0.15) is 0 Å². The molecule has 1 aromatic rings. The lowest BCUT2D eigenvalue weighted by molar-refractivity contribution is 0.0605. The molecule has 0 aromatic heterocycles. The lowest BCUT2D eigenvalue weighted by Crippen LogP contribution is -2.44. The van der Waals surface area contributed by atoms with Crippen molar-refractivity contribution in [3.8, 4) is 5.75 Å². The van der Waals surface area contributed by atoms with Crippen LogP contribution in [0.2, 0.25) is 0 Å². The van der Waals surface area contributed by atoms with Gasteiger partial charge in [0.25, 0.3) is 0 Å². The van der Waals surface area contributed by atoms with Crippen LogP contribution in [-0.4, -0.2) is 37.6 Å². The topological polar surface area (TPSA) is 64.7 Å². The minimum atomic E-state index is -0.449. The molecular weight excluding hydrogens is 230 g/mol. The van der Waals surface area contributed by atoms with Crippen LogP contribution in [0.5, 0.6) is 5.75 Å². The third kappa shape index (κ3) is 4.29. The zero-order valence-corrected chi connectivity index (χ0v) is 11.3. The first-order valence-electron chi connectivity index (χ1n) is 6.20. The van der Waals surface area contributed by atoms with E-state index >= 15 is 0 Å². The molecule has 0 heterocycles. The largest absolute Gasteiger partial charge is 0.486 e. The summed E-state index contributed by atoms with van der Waals surface area (Å²) in [6.07, 6.45) is -0.449. The minimum Gasteiger partial charge on any atom is -0.486 e. The fraction of sp³-hybridized carbons (Fsp3) is 0.571. The Balaban J connectivity index is 2.64. The molecule has 0 aliphatic heterocycles. The van der Waals surface area contributed by atoms with Crippen LogP contribution in [0.4, 0.5) is 0 Å². The third-order valence-electron chi connectivity index (χ3n) is 2.85. The van der Waals surface area contributed by atoms with Gasteiger partial charge in [0.05, 0.1) is 19.3 Å². The molecule has 2 unspecified atom stereocenters. The van der Waals surface area contributed by atoms with Crippen LogP contribution in [0, 0.1) is 0 Å². The highest BCUT2D eigenvalue weighted by Crippen LogP contribution is 2.19. The highest BCUT2D eigenvalue weighted by molar-refractivity contribution is 5.29. The highest BCUT2D eigenvalue weighted by Gasteiger charge is 2.18. The molecule has 4 heteroatoms. The first-order valence-corrected chi connectivity index (χ1v) is 6.20. The molecule has 4 nitrogen and oxygen atoms in total. The first-order chi connectivity index (χ1) is 8.58. The lowest BCUT2D eigenvalue weighted by Gasteiger charge is -2.22. The van der Waals surface area contributed by atoms with Crippen molar-refractivity contribution < 1.29 is 14.6 Å². The van der Waals surface area contributed by atoms with Crippen molar-refractivity contribution in [1.82, 2.24) is 0 Å². The fourth-order valence-corrected chi connectivity index (χ4v) is 1.67. The summed E-state index contributed by atoms with van der Waals surface area (Å²) in [6.45, 7) is 4.51. The number of hydrogen-bond donors (Lipinski definition) is 2. The molecule has 1 rings (SSSR count). The van der Waals surface area contributed by atoms with Crippen LogP contribution < -0.4 is 10.5 Å². The Morgan fingerprint density at radius 1 is 1.22 bits per heavy atom. The second kappa shape index (κ2) is 7.36. The number of benzene rings is 1. The summed E-state index contributed by atoms with van der Waals surface area (Å²) in [5.74, 6) is 1.20. The van der Waals surface area contributed by atoms with E-state index in [1.165, 1.54) is 5.56 Å². The van der Waals surface area contributed by atoms with E-state index < -0.39 is 6.10 Å². The highest BCUT2D eigenvalue weighted by atomic mass is 16.5. The molecule has 0 spiro atoms. The summed E-state index contributed by atoms with van der Waals surface area (Å²) in [5, 5.41) is 9.27. The Morgan fingerprint density at radius 2 is 1.83 bits per heavy atom. The van der Waals surface area contributed by atoms with Crippen molar-refractivity contribution in [2.45, 2.75) is 31.9 Å². The van der Waals surface area contributed by atoms with Gasteiger partial charge in [-0.15, -0.1) is 0 Å². The number of rotatable bonds is 7. The Bertz CT molecular complexity index is 337. The van der Waals surface area contributed by atoms with Crippen molar-refractivity contribution in [3.05, 3.63) is 29.8 Å². The number of nitrogens with two attached hydrogens (primary N) is 1. The molecule has 0 radical (unpaired) electrons. The molecule has 0 fully saturated rings. The fourth-order valence-electron chi connectivity index (χ4n) is 1.67. The zero-order chi connectivity index (χ0) is 13.5. The molecule has 102 valence electrons. The van der Waals surface area contributed by atoms with Crippen molar-refractivity contribution in [1.29, 1.82) is 0 Å². The molecule has 1 aromatic carbocycles. The third-order valence-corrected chi connectivity index (χ3v) is 2.85. The summed E-state index contributed by atoms with van der Waals surface area (Å²) in [7, 11) is 1.58. The monoisotopic (exact) mass is 253 g/mol. The van der Waals surface area contributed by atoms with Crippen molar-refractivity contribution in [2.75, 3.05) is 20.3 Å². The van der Waals surface area contributed by atoms with Gasteiger partial charge in [0.2, 0.25) is 0 Å². The van der Waals surface area contributed by atoms with Crippen LogP contribution in [-0.2, 0) is 4.74 Å². The van der Waals surface area contributed by atoms with E-state index in [-0.39, 0.29) is 12.6 Å². The number of aliphatic hydroxyl groups excluding tert-OH is 1. The average Bonchev–Trinajstić information content (AvgIpc) is 2.36. The van der Waals surface area contributed by atoms with Crippen LogP contribution in [0.1, 0.15) is 25.3 Å². The molecule has 0 saturated carbocycles. The Kier molecular flexibility index (Phi) is 6.12. The van der Waals surface area contributed by atoms with Crippen LogP contribution in [0.15, 0.2) is 24.3 Å². The molecule has 3 N–H and O–H groups in total. The summed E-state index contributed by atoms with van der Waals surface area (Å²) >= 11 is 0. The molecule has 0 aliphatic rings. The van der Waals surface area contributed by atoms with Gasteiger partial charge in [-0.3, -0.25) is 0 Å². The maximum absolute atomic E-state index is 9.27. The van der Waals surface area contributed by atoms with E-state index in [9.17, 15) is 5.11 Å². The van der Waals surface area contributed by atoms with Crippen LogP contribution in [0.3, 0.4) is 0 Å². The van der Waals surface area contributed by atoms with Crippen molar-refractivity contribution in [2.24, 2.45) is 5.73 Å². The second-order valence-corrected chi connectivity index (χ2v) is 4.68. The normalized spacial score (nSPS) is 14.6. The van der Waals surface area contributed by atoms with Crippen molar-refractivity contribution >= 4 is 0 Å². The van der Waals surface area contributed by atoms with Crippen LogP contribution >= 0.6 is 0 Å². The van der Waals surface area contributed by atoms with Gasteiger partial charge in [-0.25, -0.2) is 0 Å². The first kappa shape index (κ1) is 15.0. The Morgan fingerprint density at radius 3 is 2.28 bits per heavy atom. The number of ether oxygens (including phenoxy) is 2.